The van der Waals surface area contributed by atoms with E-state index in [-0.39, 0.29) is 0 Å². The van der Waals surface area contributed by atoms with Gasteiger partial charge >= 0.3 is 0 Å². The standard InChI is InChI=1S/C13H21NS/c1-13(2,3)8-9-14-11-6-5-7-12(10-11)15-4/h5-7,10,14H,8-9H2,1-4H3. The van der Waals surface area contributed by atoms with Crippen LogP contribution in [0.3, 0.4) is 0 Å². The second-order valence-electron chi connectivity index (χ2n) is 4.97. The summed E-state index contributed by atoms with van der Waals surface area (Å²) in [7, 11) is 0. The lowest BCUT2D eigenvalue weighted by atomic mass is 9.92. The lowest BCUT2D eigenvalue weighted by Crippen LogP contribution is -2.12. The van der Waals surface area contributed by atoms with Gasteiger partial charge in [-0.15, -0.1) is 11.8 Å². The molecule has 84 valence electrons. The largest absolute Gasteiger partial charge is 0.385 e. The molecule has 0 aromatic heterocycles. The molecular formula is C13H21NS. The highest BCUT2D eigenvalue weighted by Gasteiger charge is 2.08. The molecule has 1 N–H and O–H groups in total. The van der Waals surface area contributed by atoms with Crippen molar-refractivity contribution < 1.29 is 0 Å². The number of nitrogens with one attached hydrogen (secondary N) is 1. The molecule has 2 heteroatoms. The van der Waals surface area contributed by atoms with Crippen LogP contribution in [0.2, 0.25) is 0 Å². The highest BCUT2D eigenvalue weighted by atomic mass is 32.2. The summed E-state index contributed by atoms with van der Waals surface area (Å²) in [4.78, 5) is 1.32. The summed E-state index contributed by atoms with van der Waals surface area (Å²) < 4.78 is 0. The van der Waals surface area contributed by atoms with E-state index in [0.29, 0.717) is 5.41 Å². The monoisotopic (exact) mass is 223 g/mol. The Balaban J connectivity index is 2.44. The van der Waals surface area contributed by atoms with Crippen LogP contribution in [-0.2, 0) is 0 Å². The van der Waals surface area contributed by atoms with Crippen molar-refractivity contribution in [2.75, 3.05) is 18.1 Å². The van der Waals surface area contributed by atoms with Gasteiger partial charge in [-0.1, -0.05) is 26.8 Å². The van der Waals surface area contributed by atoms with Crippen molar-refractivity contribution in [1.29, 1.82) is 0 Å². The topological polar surface area (TPSA) is 12.0 Å². The second-order valence-corrected chi connectivity index (χ2v) is 5.85. The summed E-state index contributed by atoms with van der Waals surface area (Å²) in [5.74, 6) is 0. The van der Waals surface area contributed by atoms with Gasteiger partial charge in [0.05, 0.1) is 0 Å². The summed E-state index contributed by atoms with van der Waals surface area (Å²) in [6.07, 6.45) is 3.30. The predicted octanol–water partition coefficient (Wildman–Crippen LogP) is 4.26. The normalized spacial score (nSPS) is 11.5. The Kier molecular flexibility index (Phi) is 4.52. The number of thioether (sulfide) groups is 1. The van der Waals surface area contributed by atoms with Crippen molar-refractivity contribution in [1.82, 2.24) is 0 Å². The van der Waals surface area contributed by atoms with Crippen molar-refractivity contribution >= 4 is 17.4 Å². The minimum atomic E-state index is 0.407. The zero-order valence-electron chi connectivity index (χ0n) is 10.1. The maximum atomic E-state index is 3.46. The molecule has 0 aliphatic carbocycles. The fourth-order valence-corrected chi connectivity index (χ4v) is 1.77. The van der Waals surface area contributed by atoms with Crippen LogP contribution in [0.25, 0.3) is 0 Å². The molecule has 0 saturated carbocycles. The van der Waals surface area contributed by atoms with Gasteiger partial charge in [-0.05, 0) is 36.3 Å². The zero-order valence-corrected chi connectivity index (χ0v) is 10.9. The van der Waals surface area contributed by atoms with E-state index in [1.807, 2.05) is 0 Å². The highest BCUT2D eigenvalue weighted by Crippen LogP contribution is 2.21. The van der Waals surface area contributed by atoms with E-state index in [4.69, 9.17) is 0 Å². The first-order valence-electron chi connectivity index (χ1n) is 5.39. The maximum absolute atomic E-state index is 3.46. The van der Waals surface area contributed by atoms with Gasteiger partial charge in [0.2, 0.25) is 0 Å². The molecule has 0 heterocycles. The van der Waals surface area contributed by atoms with Crippen LogP contribution in [0.4, 0.5) is 5.69 Å². The molecule has 0 saturated heterocycles. The van der Waals surface area contributed by atoms with Crippen LogP contribution in [0.5, 0.6) is 0 Å². The summed E-state index contributed by atoms with van der Waals surface area (Å²) >= 11 is 1.78. The average molecular weight is 223 g/mol. The first kappa shape index (κ1) is 12.4. The molecule has 0 unspecified atom stereocenters. The number of anilines is 1. The van der Waals surface area contributed by atoms with E-state index in [1.54, 1.807) is 11.8 Å². The van der Waals surface area contributed by atoms with Crippen LogP contribution >= 0.6 is 11.8 Å². The molecule has 1 rings (SSSR count). The van der Waals surface area contributed by atoms with Gasteiger partial charge in [0, 0.05) is 17.1 Å². The van der Waals surface area contributed by atoms with Crippen molar-refractivity contribution in [3.63, 3.8) is 0 Å². The van der Waals surface area contributed by atoms with E-state index in [9.17, 15) is 0 Å². The molecule has 1 nitrogen and oxygen atoms in total. The second kappa shape index (κ2) is 5.45. The van der Waals surface area contributed by atoms with E-state index in [0.717, 1.165) is 6.54 Å². The first-order valence-corrected chi connectivity index (χ1v) is 6.62. The predicted molar refractivity (Wildman–Crippen MR) is 70.8 cm³/mol. The fourth-order valence-electron chi connectivity index (χ4n) is 1.31. The molecule has 0 spiro atoms. The van der Waals surface area contributed by atoms with E-state index >= 15 is 0 Å². The molecule has 1 aromatic carbocycles. The lowest BCUT2D eigenvalue weighted by Gasteiger charge is -2.18. The molecule has 1 aromatic rings. The maximum Gasteiger partial charge on any atom is 0.0351 e. The molecule has 0 bridgehead atoms. The molecular weight excluding hydrogens is 202 g/mol. The Hall–Kier alpha value is -0.630. The Labute approximate surface area is 97.7 Å². The third-order valence-electron chi connectivity index (χ3n) is 2.27. The van der Waals surface area contributed by atoms with Crippen LogP contribution < -0.4 is 5.32 Å². The van der Waals surface area contributed by atoms with E-state index < -0.39 is 0 Å². The van der Waals surface area contributed by atoms with Crippen molar-refractivity contribution in [3.05, 3.63) is 24.3 Å². The summed E-state index contributed by atoms with van der Waals surface area (Å²) in [5, 5.41) is 3.46. The van der Waals surface area contributed by atoms with E-state index in [1.165, 1.54) is 17.0 Å². The SMILES string of the molecule is CSc1cccc(NCCC(C)(C)C)c1. The Bertz CT molecular complexity index is 302. The van der Waals surface area contributed by atoms with Crippen molar-refractivity contribution in [3.8, 4) is 0 Å². The fraction of sp³-hybridized carbons (Fsp3) is 0.538. The molecule has 0 aliphatic rings. The van der Waals surface area contributed by atoms with Crippen LogP contribution in [-0.4, -0.2) is 12.8 Å². The van der Waals surface area contributed by atoms with Gasteiger partial charge in [-0.2, -0.15) is 0 Å². The Morgan fingerprint density at radius 3 is 2.60 bits per heavy atom. The highest BCUT2D eigenvalue weighted by molar-refractivity contribution is 7.98. The molecule has 0 amide bonds. The van der Waals surface area contributed by atoms with Gasteiger partial charge in [-0.3, -0.25) is 0 Å². The quantitative estimate of drug-likeness (QED) is 0.766. The van der Waals surface area contributed by atoms with E-state index in [2.05, 4.69) is 56.6 Å². The molecule has 15 heavy (non-hydrogen) atoms. The smallest absolute Gasteiger partial charge is 0.0351 e. The van der Waals surface area contributed by atoms with Crippen LogP contribution in [0.15, 0.2) is 29.2 Å². The minimum absolute atomic E-state index is 0.407. The molecule has 0 atom stereocenters. The van der Waals surface area contributed by atoms with Gasteiger partial charge in [0.25, 0.3) is 0 Å². The molecule has 0 fully saturated rings. The summed E-state index contributed by atoms with van der Waals surface area (Å²) in [5.41, 5.74) is 1.63. The summed E-state index contributed by atoms with van der Waals surface area (Å²) in [6, 6.07) is 8.57. The van der Waals surface area contributed by atoms with Crippen molar-refractivity contribution in [2.24, 2.45) is 5.41 Å². The van der Waals surface area contributed by atoms with Gasteiger partial charge in [0.1, 0.15) is 0 Å². The number of hydrogen-bond acceptors (Lipinski definition) is 2. The van der Waals surface area contributed by atoms with Gasteiger partial charge in [0.15, 0.2) is 0 Å². The van der Waals surface area contributed by atoms with Crippen LogP contribution in [0.1, 0.15) is 27.2 Å². The van der Waals surface area contributed by atoms with Crippen molar-refractivity contribution in [2.45, 2.75) is 32.1 Å². The third-order valence-corrected chi connectivity index (χ3v) is 3.00. The Morgan fingerprint density at radius 1 is 1.27 bits per heavy atom. The van der Waals surface area contributed by atoms with Gasteiger partial charge in [-0.25, -0.2) is 0 Å². The number of rotatable bonds is 4. The number of benzene rings is 1. The molecule has 0 aliphatic heterocycles. The third kappa shape index (κ3) is 5.12. The number of hydrogen-bond donors (Lipinski definition) is 1. The first-order chi connectivity index (χ1) is 7.01. The van der Waals surface area contributed by atoms with Gasteiger partial charge < -0.3 is 5.32 Å². The average Bonchev–Trinajstić information content (AvgIpc) is 2.16. The summed E-state index contributed by atoms with van der Waals surface area (Å²) in [6.45, 7) is 7.86. The minimum Gasteiger partial charge on any atom is -0.385 e. The Morgan fingerprint density at radius 2 is 2.00 bits per heavy atom. The molecule has 0 radical (unpaired) electrons. The lowest BCUT2D eigenvalue weighted by molar-refractivity contribution is 0.390. The van der Waals surface area contributed by atoms with Crippen LogP contribution in [0, 0.1) is 5.41 Å². The zero-order chi connectivity index (χ0) is 11.3.